The van der Waals surface area contributed by atoms with Crippen LogP contribution in [0, 0.1) is 0 Å². The molecule has 3 aromatic rings. The molecule has 0 aliphatic rings. The van der Waals surface area contributed by atoms with Gasteiger partial charge in [0.05, 0.1) is 7.05 Å². The maximum Gasteiger partial charge on any atom is 0.266 e. The van der Waals surface area contributed by atoms with Crippen molar-refractivity contribution in [1.82, 2.24) is 9.88 Å². The second-order valence-electron chi connectivity index (χ2n) is 5.94. The van der Waals surface area contributed by atoms with E-state index in [9.17, 15) is 4.79 Å². The smallest absolute Gasteiger partial charge is 0.266 e. The lowest BCUT2D eigenvalue weighted by molar-refractivity contribution is -0.671. The largest absolute Gasteiger partial charge is 1.00 e. The summed E-state index contributed by atoms with van der Waals surface area (Å²) in [7, 11) is 1.96. The standard InChI is InChI=1S/C20H21N3O.HI/c1-22-12-13-23(16-22)19(14-17-8-4-2-5-9-17)20(24)21-15-18-10-6-3-7-11-18;/h2-13,16,19H,14-15H2,1H3;1H/t19-;/m0./s1. The van der Waals surface area contributed by atoms with Crippen molar-refractivity contribution in [2.75, 3.05) is 0 Å². The van der Waals surface area contributed by atoms with E-state index in [1.807, 2.05) is 83.4 Å². The third kappa shape index (κ3) is 5.42. The number of halogens is 1. The summed E-state index contributed by atoms with van der Waals surface area (Å²) in [6.45, 7) is 0.540. The van der Waals surface area contributed by atoms with Crippen LogP contribution in [0.25, 0.3) is 0 Å². The van der Waals surface area contributed by atoms with Crippen molar-refractivity contribution >= 4 is 5.91 Å². The Balaban J connectivity index is 0.00000225. The van der Waals surface area contributed by atoms with Gasteiger partial charge < -0.3 is 29.3 Å². The molecule has 1 heterocycles. The van der Waals surface area contributed by atoms with Crippen molar-refractivity contribution < 1.29 is 33.3 Å². The summed E-state index contributed by atoms with van der Waals surface area (Å²) in [4.78, 5) is 12.8. The predicted molar refractivity (Wildman–Crippen MR) is 93.1 cm³/mol. The molecule has 1 N–H and O–H groups in total. The maximum atomic E-state index is 12.8. The quantitative estimate of drug-likeness (QED) is 0.399. The van der Waals surface area contributed by atoms with Gasteiger partial charge in [-0.15, -0.1) is 0 Å². The van der Waals surface area contributed by atoms with Gasteiger partial charge in [-0.2, -0.15) is 0 Å². The molecule has 0 aliphatic heterocycles. The third-order valence-electron chi connectivity index (χ3n) is 4.03. The van der Waals surface area contributed by atoms with Crippen LogP contribution in [-0.2, 0) is 24.8 Å². The second-order valence-corrected chi connectivity index (χ2v) is 5.94. The van der Waals surface area contributed by atoms with Gasteiger partial charge in [0.25, 0.3) is 5.91 Å². The number of nitrogens with zero attached hydrogens (tertiary/aromatic N) is 2. The molecule has 1 amide bonds. The third-order valence-corrected chi connectivity index (χ3v) is 4.03. The molecule has 0 unspecified atom stereocenters. The summed E-state index contributed by atoms with van der Waals surface area (Å²) in [5.41, 5.74) is 2.25. The van der Waals surface area contributed by atoms with E-state index in [1.165, 1.54) is 0 Å². The van der Waals surface area contributed by atoms with Gasteiger partial charge in [-0.1, -0.05) is 60.7 Å². The summed E-state index contributed by atoms with van der Waals surface area (Å²) >= 11 is 0. The molecule has 0 aliphatic carbocycles. The molecule has 0 fully saturated rings. The molecule has 1 aromatic heterocycles. The van der Waals surface area contributed by atoms with Crippen LogP contribution >= 0.6 is 0 Å². The Kier molecular flexibility index (Phi) is 7.18. The first kappa shape index (κ1) is 19.2. The SMILES string of the molecule is C[n+]1ccn([C@@H](Cc2ccccc2)C(=O)NCc2ccccc2)c1.[I-]. The fraction of sp³-hybridized carbons (Fsp3) is 0.200. The molecule has 0 spiro atoms. The molecular weight excluding hydrogens is 425 g/mol. The molecule has 0 radical (unpaired) electrons. The summed E-state index contributed by atoms with van der Waals surface area (Å²) in [6, 6.07) is 19.8. The average molecular weight is 447 g/mol. The number of benzene rings is 2. The molecule has 4 nitrogen and oxygen atoms in total. The summed E-state index contributed by atoms with van der Waals surface area (Å²) in [5.74, 6) is 0.0268. The lowest BCUT2D eigenvalue weighted by Crippen LogP contribution is -3.00. The van der Waals surface area contributed by atoms with E-state index in [2.05, 4.69) is 17.4 Å². The Bertz CT molecular complexity index is 787. The minimum atomic E-state index is -0.266. The summed E-state index contributed by atoms with van der Waals surface area (Å²) in [5, 5.41) is 3.06. The van der Waals surface area contributed by atoms with E-state index in [-0.39, 0.29) is 35.9 Å². The Hall–Kier alpha value is -2.15. The number of aryl methyl sites for hydroxylation is 1. The molecule has 2 aromatic carbocycles. The van der Waals surface area contributed by atoms with E-state index in [0.717, 1.165) is 11.1 Å². The second kappa shape index (κ2) is 9.36. The zero-order valence-electron chi connectivity index (χ0n) is 14.2. The molecule has 0 saturated carbocycles. The lowest BCUT2D eigenvalue weighted by atomic mass is 10.0. The normalized spacial score (nSPS) is 11.4. The van der Waals surface area contributed by atoms with Gasteiger partial charge in [0.15, 0.2) is 6.04 Å². The number of hydrogen-bond acceptors (Lipinski definition) is 1. The van der Waals surface area contributed by atoms with Crippen molar-refractivity contribution in [3.8, 4) is 0 Å². The zero-order valence-corrected chi connectivity index (χ0v) is 16.3. The zero-order chi connectivity index (χ0) is 16.8. The summed E-state index contributed by atoms with van der Waals surface area (Å²) in [6.07, 6.45) is 6.49. The molecule has 130 valence electrons. The van der Waals surface area contributed by atoms with Gasteiger partial charge in [0.1, 0.15) is 12.4 Å². The predicted octanol–water partition coefficient (Wildman–Crippen LogP) is -0.583. The fourth-order valence-corrected chi connectivity index (χ4v) is 2.73. The van der Waals surface area contributed by atoms with Crippen molar-refractivity contribution in [1.29, 1.82) is 0 Å². The Morgan fingerprint density at radius 1 is 1.04 bits per heavy atom. The number of carbonyl (C=O) groups excluding carboxylic acids is 1. The van der Waals surface area contributed by atoms with Crippen molar-refractivity contribution in [2.45, 2.75) is 19.0 Å². The van der Waals surface area contributed by atoms with Crippen LogP contribution in [0.5, 0.6) is 0 Å². The molecule has 5 heteroatoms. The number of hydrogen-bond donors (Lipinski definition) is 1. The first-order chi connectivity index (χ1) is 11.7. The van der Waals surface area contributed by atoms with Gasteiger partial charge in [-0.3, -0.25) is 4.79 Å². The molecular formula is C20H22IN3O. The van der Waals surface area contributed by atoms with E-state index in [0.29, 0.717) is 13.0 Å². The van der Waals surface area contributed by atoms with Gasteiger partial charge in [0.2, 0.25) is 6.33 Å². The number of amides is 1. The Morgan fingerprint density at radius 3 is 2.20 bits per heavy atom. The lowest BCUT2D eigenvalue weighted by Gasteiger charge is -2.14. The highest BCUT2D eigenvalue weighted by atomic mass is 127. The molecule has 0 saturated heterocycles. The first-order valence-corrected chi connectivity index (χ1v) is 8.10. The number of nitrogens with one attached hydrogen (secondary N) is 1. The monoisotopic (exact) mass is 447 g/mol. The van der Waals surface area contributed by atoms with Gasteiger partial charge in [-0.05, 0) is 11.1 Å². The van der Waals surface area contributed by atoms with Crippen LogP contribution in [0.4, 0.5) is 0 Å². The highest BCUT2D eigenvalue weighted by molar-refractivity contribution is 5.80. The van der Waals surface area contributed by atoms with E-state index < -0.39 is 0 Å². The molecule has 1 atom stereocenters. The number of imidazole rings is 1. The van der Waals surface area contributed by atoms with Crippen molar-refractivity contribution in [3.63, 3.8) is 0 Å². The Labute approximate surface area is 165 Å². The van der Waals surface area contributed by atoms with Gasteiger partial charge >= 0.3 is 0 Å². The minimum Gasteiger partial charge on any atom is -1.00 e. The molecule has 25 heavy (non-hydrogen) atoms. The van der Waals surface area contributed by atoms with Crippen LogP contribution in [0.3, 0.4) is 0 Å². The van der Waals surface area contributed by atoms with Crippen LogP contribution in [0.15, 0.2) is 79.4 Å². The fourth-order valence-electron chi connectivity index (χ4n) is 2.73. The van der Waals surface area contributed by atoms with E-state index in [1.54, 1.807) is 0 Å². The number of carbonyl (C=O) groups is 1. The summed E-state index contributed by atoms with van der Waals surface area (Å²) < 4.78 is 3.91. The van der Waals surface area contributed by atoms with Crippen LogP contribution in [-0.4, -0.2) is 10.5 Å². The number of rotatable bonds is 6. The highest BCUT2D eigenvalue weighted by Gasteiger charge is 2.25. The van der Waals surface area contributed by atoms with Gasteiger partial charge in [0, 0.05) is 13.0 Å². The van der Waals surface area contributed by atoms with Crippen LogP contribution in [0.1, 0.15) is 17.2 Å². The maximum absolute atomic E-state index is 12.8. The van der Waals surface area contributed by atoms with Crippen molar-refractivity contribution in [3.05, 3.63) is 90.5 Å². The van der Waals surface area contributed by atoms with Crippen molar-refractivity contribution in [2.24, 2.45) is 7.05 Å². The van der Waals surface area contributed by atoms with E-state index >= 15 is 0 Å². The van der Waals surface area contributed by atoms with Crippen LogP contribution < -0.4 is 33.9 Å². The molecule has 3 rings (SSSR count). The number of aromatic nitrogens is 2. The van der Waals surface area contributed by atoms with Crippen LogP contribution in [0.2, 0.25) is 0 Å². The highest BCUT2D eigenvalue weighted by Crippen LogP contribution is 2.14. The Morgan fingerprint density at radius 2 is 1.64 bits per heavy atom. The average Bonchev–Trinajstić information content (AvgIpc) is 3.05. The minimum absolute atomic E-state index is 0. The van der Waals surface area contributed by atoms with E-state index in [4.69, 9.17) is 0 Å². The topological polar surface area (TPSA) is 37.9 Å². The van der Waals surface area contributed by atoms with Gasteiger partial charge in [-0.25, -0.2) is 9.13 Å². The molecule has 0 bridgehead atoms. The first-order valence-electron chi connectivity index (χ1n) is 8.10.